The second kappa shape index (κ2) is 9.78. The number of sulfonamides is 1. The third-order valence-corrected chi connectivity index (χ3v) is 9.40. The summed E-state index contributed by atoms with van der Waals surface area (Å²) in [5.74, 6) is -3.03. The zero-order valence-corrected chi connectivity index (χ0v) is 22.8. The van der Waals surface area contributed by atoms with Crippen LogP contribution in [0.2, 0.25) is 10.0 Å². The van der Waals surface area contributed by atoms with E-state index in [4.69, 9.17) is 23.2 Å². The SMILES string of the molecule is CN(C)C1CN(S(=O)(=O)c2ccc(Cl)cc2Cl)C2=CN(C3CC3)C(=O)C(Cc3ccc(F)c(F)c3)N2C1=O. The molecule has 1 aliphatic carbocycles. The van der Waals surface area contributed by atoms with E-state index in [1.165, 1.54) is 35.4 Å². The molecule has 0 spiro atoms. The summed E-state index contributed by atoms with van der Waals surface area (Å²) in [6, 6.07) is 5.02. The van der Waals surface area contributed by atoms with Crippen molar-refractivity contribution in [1.82, 2.24) is 19.0 Å². The summed E-state index contributed by atoms with van der Waals surface area (Å²) < 4.78 is 56.6. The minimum absolute atomic E-state index is 0.00167. The van der Waals surface area contributed by atoms with Gasteiger partial charge in [-0.2, -0.15) is 0 Å². The number of carbonyl (C=O) groups excluding carboxylic acids is 2. The molecule has 1 saturated heterocycles. The average molecular weight is 585 g/mol. The Balaban J connectivity index is 1.65. The summed E-state index contributed by atoms with van der Waals surface area (Å²) in [5.41, 5.74) is 0.286. The van der Waals surface area contributed by atoms with Crippen molar-refractivity contribution in [1.29, 1.82) is 0 Å². The van der Waals surface area contributed by atoms with Gasteiger partial charge in [0, 0.05) is 23.7 Å². The number of amides is 2. The van der Waals surface area contributed by atoms with Gasteiger partial charge >= 0.3 is 0 Å². The van der Waals surface area contributed by atoms with Gasteiger partial charge in [-0.3, -0.25) is 19.4 Å². The molecule has 202 valence electrons. The Morgan fingerprint density at radius 3 is 2.32 bits per heavy atom. The molecule has 2 fully saturated rings. The van der Waals surface area contributed by atoms with E-state index in [-0.39, 0.29) is 45.3 Å². The molecule has 3 aliphatic rings. The van der Waals surface area contributed by atoms with Gasteiger partial charge in [0.15, 0.2) is 11.6 Å². The molecule has 2 unspecified atom stereocenters. The molecule has 2 heterocycles. The Morgan fingerprint density at radius 1 is 1.00 bits per heavy atom. The maximum Gasteiger partial charge on any atom is 0.267 e. The monoisotopic (exact) mass is 584 g/mol. The first-order valence-electron chi connectivity index (χ1n) is 11.9. The van der Waals surface area contributed by atoms with Gasteiger partial charge in [-0.15, -0.1) is 0 Å². The highest BCUT2D eigenvalue weighted by atomic mass is 35.5. The first-order chi connectivity index (χ1) is 17.9. The topological polar surface area (TPSA) is 81.2 Å². The van der Waals surface area contributed by atoms with Crippen LogP contribution in [0.3, 0.4) is 0 Å². The quantitative estimate of drug-likeness (QED) is 0.519. The van der Waals surface area contributed by atoms with Crippen molar-refractivity contribution < 1.29 is 26.8 Å². The summed E-state index contributed by atoms with van der Waals surface area (Å²) >= 11 is 12.3. The fraction of sp³-hybridized carbons (Fsp3) is 0.360. The summed E-state index contributed by atoms with van der Waals surface area (Å²) in [6.45, 7) is -0.222. The van der Waals surface area contributed by atoms with Crippen molar-refractivity contribution in [2.45, 2.75) is 42.3 Å². The third-order valence-electron chi connectivity index (χ3n) is 6.91. The predicted molar refractivity (Wildman–Crippen MR) is 136 cm³/mol. The first kappa shape index (κ1) is 26.9. The van der Waals surface area contributed by atoms with Crippen LogP contribution in [0.1, 0.15) is 18.4 Å². The maximum atomic E-state index is 14.0. The van der Waals surface area contributed by atoms with Crippen molar-refractivity contribution in [3.8, 4) is 0 Å². The van der Waals surface area contributed by atoms with Crippen molar-refractivity contribution in [3.63, 3.8) is 0 Å². The van der Waals surface area contributed by atoms with Crippen molar-refractivity contribution in [3.05, 3.63) is 75.7 Å². The minimum atomic E-state index is -4.32. The maximum absolute atomic E-state index is 14.0. The van der Waals surface area contributed by atoms with Crippen LogP contribution in [0.15, 0.2) is 53.3 Å². The Morgan fingerprint density at radius 2 is 1.71 bits per heavy atom. The van der Waals surface area contributed by atoms with Gasteiger partial charge in [0.05, 0.1) is 11.6 Å². The molecule has 2 aliphatic heterocycles. The largest absolute Gasteiger partial charge is 0.311 e. The fourth-order valence-electron chi connectivity index (χ4n) is 4.75. The second-order valence-corrected chi connectivity index (χ2v) is 12.4. The minimum Gasteiger partial charge on any atom is -0.311 e. The van der Waals surface area contributed by atoms with Crippen LogP contribution in [0.25, 0.3) is 0 Å². The molecule has 2 aromatic rings. The van der Waals surface area contributed by atoms with Gasteiger partial charge in [-0.25, -0.2) is 21.5 Å². The van der Waals surface area contributed by atoms with E-state index in [1.54, 1.807) is 19.0 Å². The number of rotatable bonds is 6. The summed E-state index contributed by atoms with van der Waals surface area (Å²) in [6.07, 6.45) is 2.69. The molecule has 38 heavy (non-hydrogen) atoms. The molecular formula is C25H24Cl2F2N4O4S. The molecule has 0 N–H and O–H groups in total. The highest BCUT2D eigenvalue weighted by molar-refractivity contribution is 7.89. The Bertz CT molecular complexity index is 1470. The summed E-state index contributed by atoms with van der Waals surface area (Å²) in [7, 11) is -1.06. The normalized spacial score (nSPS) is 22.2. The molecule has 13 heteroatoms. The lowest BCUT2D eigenvalue weighted by molar-refractivity contribution is -0.151. The van der Waals surface area contributed by atoms with Gasteiger partial charge in [0.25, 0.3) is 10.0 Å². The van der Waals surface area contributed by atoms with Crippen molar-refractivity contribution >= 4 is 45.0 Å². The molecular weight excluding hydrogens is 561 g/mol. The zero-order chi connectivity index (χ0) is 27.5. The fourth-order valence-corrected chi connectivity index (χ4v) is 6.95. The van der Waals surface area contributed by atoms with Gasteiger partial charge in [0.1, 0.15) is 22.8 Å². The molecule has 2 atom stereocenters. The van der Waals surface area contributed by atoms with Crippen molar-refractivity contribution in [2.24, 2.45) is 0 Å². The smallest absolute Gasteiger partial charge is 0.267 e. The van der Waals surface area contributed by atoms with Gasteiger partial charge < -0.3 is 4.90 Å². The highest BCUT2D eigenvalue weighted by Gasteiger charge is 2.52. The van der Waals surface area contributed by atoms with Gasteiger partial charge in [-0.1, -0.05) is 29.3 Å². The Hall–Kier alpha value is -2.73. The Labute approximate surface area is 229 Å². The molecule has 0 bridgehead atoms. The second-order valence-electron chi connectivity index (χ2n) is 9.73. The van der Waals surface area contributed by atoms with Crippen LogP contribution in [-0.2, 0) is 26.0 Å². The number of halogens is 4. The third kappa shape index (κ3) is 4.66. The van der Waals surface area contributed by atoms with Crippen LogP contribution in [0.5, 0.6) is 0 Å². The summed E-state index contributed by atoms with van der Waals surface area (Å²) in [5, 5.41) is 0.164. The lowest BCUT2D eigenvalue weighted by atomic mass is 9.99. The number of carbonyl (C=O) groups is 2. The van der Waals surface area contributed by atoms with Gasteiger partial charge in [0.2, 0.25) is 11.8 Å². The first-order valence-corrected chi connectivity index (χ1v) is 14.0. The number of likely N-dealkylation sites (N-methyl/N-ethyl adjacent to an activating group) is 1. The number of fused-ring (bicyclic) bond motifs is 1. The van der Waals surface area contributed by atoms with E-state index in [0.29, 0.717) is 0 Å². The van der Waals surface area contributed by atoms with E-state index in [2.05, 4.69) is 0 Å². The lowest BCUT2D eigenvalue weighted by Crippen LogP contribution is -2.66. The molecule has 2 aromatic carbocycles. The Kier molecular flexibility index (Phi) is 6.91. The highest BCUT2D eigenvalue weighted by Crippen LogP contribution is 2.39. The average Bonchev–Trinajstić information content (AvgIpc) is 3.67. The molecule has 0 aromatic heterocycles. The van der Waals surface area contributed by atoms with Crippen LogP contribution < -0.4 is 0 Å². The number of nitrogens with zero attached hydrogens (tertiary/aromatic N) is 4. The van der Waals surface area contributed by atoms with E-state index in [0.717, 1.165) is 34.2 Å². The van der Waals surface area contributed by atoms with Crippen LogP contribution >= 0.6 is 23.2 Å². The molecule has 0 radical (unpaired) electrons. The van der Waals surface area contributed by atoms with Crippen LogP contribution in [0.4, 0.5) is 8.78 Å². The number of hydrogen-bond donors (Lipinski definition) is 0. The van der Waals surface area contributed by atoms with E-state index in [9.17, 15) is 26.8 Å². The number of benzene rings is 2. The van der Waals surface area contributed by atoms with Crippen LogP contribution in [-0.4, -0.2) is 78.0 Å². The predicted octanol–water partition coefficient (Wildman–Crippen LogP) is 3.45. The lowest BCUT2D eigenvalue weighted by Gasteiger charge is -2.49. The van der Waals surface area contributed by atoms with E-state index in [1.807, 2.05) is 0 Å². The standard InChI is InChI=1S/C25H24Cl2F2N4O4S/c1-30(2)21-12-32(38(36,37)22-8-4-15(26)11-17(22)27)23-13-31(16-5-6-16)24(34)20(33(23)25(21)35)10-14-3-7-18(28)19(29)9-14/h3-4,7-9,11,13,16,20-21H,5-6,10,12H2,1-2H3. The van der Waals surface area contributed by atoms with Crippen molar-refractivity contribution in [2.75, 3.05) is 20.6 Å². The van der Waals surface area contributed by atoms with Crippen LogP contribution in [0, 0.1) is 11.6 Å². The molecule has 8 nitrogen and oxygen atoms in total. The van der Waals surface area contributed by atoms with E-state index >= 15 is 0 Å². The molecule has 1 saturated carbocycles. The zero-order valence-electron chi connectivity index (χ0n) is 20.4. The molecule has 2 amide bonds. The number of hydrogen-bond acceptors (Lipinski definition) is 5. The molecule has 5 rings (SSSR count). The summed E-state index contributed by atoms with van der Waals surface area (Å²) in [4.78, 5) is 31.4. The van der Waals surface area contributed by atoms with E-state index < -0.39 is 45.6 Å². The van der Waals surface area contributed by atoms with Gasteiger partial charge in [-0.05, 0) is 62.8 Å².